The van der Waals surface area contributed by atoms with Gasteiger partial charge in [-0.05, 0) is 42.9 Å². The molecular weight excluding hydrogens is 352 g/mol. The molecule has 25 heavy (non-hydrogen) atoms. The van der Waals surface area contributed by atoms with Gasteiger partial charge in [-0.15, -0.1) is 11.8 Å². The third-order valence-corrected chi connectivity index (χ3v) is 5.18. The Kier molecular flexibility index (Phi) is 5.00. The van der Waals surface area contributed by atoms with Gasteiger partial charge in [-0.2, -0.15) is 18.4 Å². The minimum absolute atomic E-state index is 0.0266. The number of halogens is 4. The van der Waals surface area contributed by atoms with Crippen LogP contribution < -0.4 is 0 Å². The average molecular weight is 366 g/mol. The fourth-order valence-electron chi connectivity index (χ4n) is 3.00. The average Bonchev–Trinajstić information content (AvgIpc) is 2.58. The van der Waals surface area contributed by atoms with E-state index in [-0.39, 0.29) is 22.8 Å². The van der Waals surface area contributed by atoms with Crippen molar-refractivity contribution in [2.75, 3.05) is 0 Å². The molecule has 0 saturated carbocycles. The van der Waals surface area contributed by atoms with E-state index in [0.717, 1.165) is 18.2 Å². The van der Waals surface area contributed by atoms with Crippen molar-refractivity contribution in [3.05, 3.63) is 58.0 Å². The number of aromatic nitrogens is 1. The van der Waals surface area contributed by atoms with Gasteiger partial charge in [0.2, 0.25) is 0 Å². The third kappa shape index (κ3) is 3.64. The summed E-state index contributed by atoms with van der Waals surface area (Å²) in [5.41, 5.74) is -0.395. The second-order valence-electron chi connectivity index (χ2n) is 5.79. The number of hydrogen-bond donors (Lipinski definition) is 0. The lowest BCUT2D eigenvalue weighted by Gasteiger charge is -2.22. The van der Waals surface area contributed by atoms with E-state index in [9.17, 15) is 22.8 Å². The number of aryl methyl sites for hydroxylation is 1. The van der Waals surface area contributed by atoms with E-state index < -0.39 is 23.1 Å². The summed E-state index contributed by atoms with van der Waals surface area (Å²) in [5, 5.41) is 9.37. The van der Waals surface area contributed by atoms with Gasteiger partial charge in [0.1, 0.15) is 16.9 Å². The summed E-state index contributed by atoms with van der Waals surface area (Å²) < 4.78 is 54.5. The minimum atomic E-state index is -4.61. The Morgan fingerprint density at radius 2 is 1.88 bits per heavy atom. The van der Waals surface area contributed by atoms with Gasteiger partial charge in [-0.3, -0.25) is 0 Å². The van der Waals surface area contributed by atoms with Gasteiger partial charge in [0.15, 0.2) is 0 Å². The first-order valence-electron chi connectivity index (χ1n) is 7.81. The van der Waals surface area contributed by atoms with Gasteiger partial charge >= 0.3 is 6.18 Å². The van der Waals surface area contributed by atoms with Crippen molar-refractivity contribution in [2.45, 2.75) is 42.6 Å². The fraction of sp³-hybridized carbons (Fsp3) is 0.333. The number of rotatable bonds is 3. The quantitative estimate of drug-likeness (QED) is 0.548. The van der Waals surface area contributed by atoms with Gasteiger partial charge in [0.05, 0.1) is 11.1 Å². The molecule has 1 heterocycles. The number of thioether (sulfide) groups is 1. The molecule has 0 radical (unpaired) electrons. The monoisotopic (exact) mass is 366 g/mol. The molecule has 0 aliphatic heterocycles. The van der Waals surface area contributed by atoms with E-state index in [1.807, 2.05) is 0 Å². The van der Waals surface area contributed by atoms with Gasteiger partial charge in [0, 0.05) is 11.4 Å². The lowest BCUT2D eigenvalue weighted by Crippen LogP contribution is -2.19. The predicted octanol–water partition coefficient (Wildman–Crippen LogP) is 5.28. The van der Waals surface area contributed by atoms with Crippen LogP contribution >= 0.6 is 11.8 Å². The van der Waals surface area contributed by atoms with Crippen LogP contribution in [0.25, 0.3) is 0 Å². The highest BCUT2D eigenvalue weighted by Gasteiger charge is 2.39. The lowest BCUT2D eigenvalue weighted by molar-refractivity contribution is -0.138. The van der Waals surface area contributed by atoms with Crippen molar-refractivity contribution in [1.29, 1.82) is 5.26 Å². The molecule has 130 valence electrons. The maximum atomic E-state index is 13.7. The van der Waals surface area contributed by atoms with E-state index >= 15 is 0 Å². The zero-order valence-electron chi connectivity index (χ0n) is 13.2. The van der Waals surface area contributed by atoms with Gasteiger partial charge in [-0.1, -0.05) is 18.2 Å². The van der Waals surface area contributed by atoms with E-state index in [1.165, 1.54) is 6.07 Å². The zero-order valence-corrected chi connectivity index (χ0v) is 14.0. The summed E-state index contributed by atoms with van der Waals surface area (Å²) in [6.45, 7) is 0. The smallest absolute Gasteiger partial charge is 0.245 e. The molecule has 0 saturated heterocycles. The fourth-order valence-corrected chi connectivity index (χ4v) is 3.99. The third-order valence-electron chi connectivity index (χ3n) is 4.16. The van der Waals surface area contributed by atoms with Crippen LogP contribution in [0, 0.1) is 17.1 Å². The molecule has 1 aromatic carbocycles. The van der Waals surface area contributed by atoms with Crippen molar-refractivity contribution in [2.24, 2.45) is 0 Å². The van der Waals surface area contributed by atoms with E-state index in [4.69, 9.17) is 0 Å². The summed E-state index contributed by atoms with van der Waals surface area (Å²) in [6, 6.07) is 7.74. The van der Waals surface area contributed by atoms with Gasteiger partial charge in [0.25, 0.3) is 0 Å². The SMILES string of the molecule is N#Cc1c(SCc2ccccc2F)nc2c(c1C(F)(F)F)CCCC2. The zero-order chi connectivity index (χ0) is 18.0. The van der Waals surface area contributed by atoms with Gasteiger partial charge < -0.3 is 0 Å². The Morgan fingerprint density at radius 1 is 1.16 bits per heavy atom. The van der Waals surface area contributed by atoms with Crippen LogP contribution in [0.1, 0.15) is 40.8 Å². The predicted molar refractivity (Wildman–Crippen MR) is 86.6 cm³/mol. The minimum Gasteiger partial charge on any atom is -0.245 e. The van der Waals surface area contributed by atoms with Crippen LogP contribution in [0.4, 0.5) is 17.6 Å². The maximum absolute atomic E-state index is 13.7. The van der Waals surface area contributed by atoms with Crippen molar-refractivity contribution in [3.63, 3.8) is 0 Å². The van der Waals surface area contributed by atoms with Crippen molar-refractivity contribution >= 4 is 11.8 Å². The Hall–Kier alpha value is -2.07. The molecule has 1 aliphatic rings. The van der Waals surface area contributed by atoms with Crippen LogP contribution in [0.5, 0.6) is 0 Å². The number of fused-ring (bicyclic) bond motifs is 1. The molecule has 0 N–H and O–H groups in total. The second kappa shape index (κ2) is 7.04. The van der Waals surface area contributed by atoms with Crippen molar-refractivity contribution in [1.82, 2.24) is 4.98 Å². The summed E-state index contributed by atoms with van der Waals surface area (Å²) in [4.78, 5) is 4.32. The van der Waals surface area contributed by atoms with E-state index in [0.29, 0.717) is 24.1 Å². The Bertz CT molecular complexity index is 840. The summed E-state index contributed by atoms with van der Waals surface area (Å²) >= 11 is 0.968. The molecule has 0 amide bonds. The van der Waals surface area contributed by atoms with Crippen LogP contribution in [-0.4, -0.2) is 4.98 Å². The van der Waals surface area contributed by atoms with Crippen molar-refractivity contribution in [3.8, 4) is 6.07 Å². The number of nitriles is 1. The number of pyridine rings is 1. The van der Waals surface area contributed by atoms with E-state index in [2.05, 4.69) is 4.98 Å². The molecule has 7 heteroatoms. The number of nitrogens with zero attached hydrogens (tertiary/aromatic N) is 2. The normalized spacial score (nSPS) is 14.0. The molecule has 1 aromatic heterocycles. The van der Waals surface area contributed by atoms with Gasteiger partial charge in [-0.25, -0.2) is 9.37 Å². The summed E-state index contributed by atoms with van der Waals surface area (Å²) in [6.07, 6.45) is -2.42. The molecule has 3 rings (SSSR count). The molecule has 0 unspecified atom stereocenters. The molecule has 2 nitrogen and oxygen atoms in total. The number of alkyl halides is 3. The Labute approximate surface area is 146 Å². The molecule has 2 aromatic rings. The van der Waals surface area contributed by atoms with Crippen LogP contribution in [-0.2, 0) is 24.8 Å². The molecule has 0 spiro atoms. The second-order valence-corrected chi connectivity index (χ2v) is 6.75. The molecule has 1 aliphatic carbocycles. The number of hydrogen-bond acceptors (Lipinski definition) is 3. The first-order chi connectivity index (χ1) is 11.9. The van der Waals surface area contributed by atoms with Crippen molar-refractivity contribution < 1.29 is 17.6 Å². The Morgan fingerprint density at radius 3 is 2.56 bits per heavy atom. The molecule has 0 fully saturated rings. The standard InChI is InChI=1S/C18H14F4N2S/c19-14-7-3-1-5-11(14)10-25-17-13(9-23)16(18(20,21)22)12-6-2-4-8-15(12)24-17/h1,3,5,7H,2,4,6,8,10H2. The topological polar surface area (TPSA) is 36.7 Å². The van der Waals surface area contributed by atoms with Crippen LogP contribution in [0.3, 0.4) is 0 Å². The first kappa shape index (κ1) is 17.7. The van der Waals surface area contributed by atoms with Crippen LogP contribution in [0.2, 0.25) is 0 Å². The van der Waals surface area contributed by atoms with E-state index in [1.54, 1.807) is 24.3 Å². The first-order valence-corrected chi connectivity index (χ1v) is 8.79. The number of benzene rings is 1. The largest absolute Gasteiger partial charge is 0.418 e. The summed E-state index contributed by atoms with van der Waals surface area (Å²) in [7, 11) is 0. The molecule has 0 atom stereocenters. The highest BCUT2D eigenvalue weighted by Crippen LogP contribution is 2.41. The molecular formula is C18H14F4N2S. The summed E-state index contributed by atoms with van der Waals surface area (Å²) in [5.74, 6) is -0.313. The highest BCUT2D eigenvalue weighted by atomic mass is 32.2. The Balaban J connectivity index is 2.04. The highest BCUT2D eigenvalue weighted by molar-refractivity contribution is 7.98. The van der Waals surface area contributed by atoms with Crippen LogP contribution in [0.15, 0.2) is 29.3 Å². The molecule has 0 bridgehead atoms. The lowest BCUT2D eigenvalue weighted by atomic mass is 9.90. The maximum Gasteiger partial charge on any atom is 0.418 e.